The number of benzene rings is 2. The molecule has 182 valence electrons. The minimum Gasteiger partial charge on any atom is -0.465 e. The molecule has 0 unspecified atom stereocenters. The summed E-state index contributed by atoms with van der Waals surface area (Å²) in [4.78, 5) is 19.3. The molecule has 0 fully saturated rings. The van der Waals surface area contributed by atoms with Crippen molar-refractivity contribution in [2.45, 2.75) is 19.8 Å². The van der Waals surface area contributed by atoms with Crippen LogP contribution >= 0.6 is 0 Å². The highest BCUT2D eigenvalue weighted by molar-refractivity contribution is 5.88. The Bertz CT molecular complexity index is 1360. The molecule has 2 aromatic heterocycles. The number of aromatic nitrogens is 3. The summed E-state index contributed by atoms with van der Waals surface area (Å²) in [6, 6.07) is 12.3. The molecule has 4 aromatic rings. The van der Waals surface area contributed by atoms with Gasteiger partial charge in [-0.1, -0.05) is 6.07 Å². The maximum absolute atomic E-state index is 12.5. The normalized spacial score (nSPS) is 11.3. The highest BCUT2D eigenvalue weighted by Crippen LogP contribution is 2.32. The lowest BCUT2D eigenvalue weighted by molar-refractivity contribution is -0.274. The Balaban J connectivity index is 1.51. The second kappa shape index (κ2) is 9.79. The third-order valence-corrected chi connectivity index (χ3v) is 4.88. The molecule has 2 heterocycles. The molecule has 3 N–H and O–H groups in total. The Morgan fingerprint density at radius 1 is 1.11 bits per heavy atom. The molecule has 4 rings (SSSR count). The molecule has 0 aliphatic heterocycles. The first-order valence-corrected chi connectivity index (χ1v) is 10.4. The summed E-state index contributed by atoms with van der Waals surface area (Å²) in [5.41, 5.74) is 2.82. The molecule has 0 saturated heterocycles. The van der Waals surface area contributed by atoms with Crippen LogP contribution in [0.15, 0.2) is 61.1 Å². The zero-order valence-electron chi connectivity index (χ0n) is 18.3. The quantitative estimate of drug-likeness (QED) is 0.303. The van der Waals surface area contributed by atoms with Gasteiger partial charge in [-0.05, 0) is 48.9 Å². The Kier molecular flexibility index (Phi) is 6.62. The van der Waals surface area contributed by atoms with Gasteiger partial charge in [-0.3, -0.25) is 0 Å². The summed E-state index contributed by atoms with van der Waals surface area (Å²) in [6.45, 7) is 2.40. The van der Waals surface area contributed by atoms with Gasteiger partial charge in [0.1, 0.15) is 29.1 Å². The van der Waals surface area contributed by atoms with Gasteiger partial charge in [0.2, 0.25) is 0 Å². The topological polar surface area (TPSA) is 111 Å². The predicted molar refractivity (Wildman–Crippen MR) is 121 cm³/mol. The van der Waals surface area contributed by atoms with Crippen LogP contribution in [0.2, 0.25) is 0 Å². The fourth-order valence-corrected chi connectivity index (χ4v) is 3.43. The van der Waals surface area contributed by atoms with Crippen molar-refractivity contribution >= 4 is 28.6 Å². The van der Waals surface area contributed by atoms with Crippen molar-refractivity contribution in [3.8, 4) is 17.2 Å². The van der Waals surface area contributed by atoms with E-state index in [2.05, 4.69) is 25.3 Å². The van der Waals surface area contributed by atoms with Gasteiger partial charge in [-0.25, -0.2) is 14.8 Å². The van der Waals surface area contributed by atoms with E-state index in [-0.39, 0.29) is 18.0 Å². The third-order valence-electron chi connectivity index (χ3n) is 4.88. The van der Waals surface area contributed by atoms with E-state index in [9.17, 15) is 18.0 Å². The first-order chi connectivity index (χ1) is 16.7. The molecular weight excluding hydrogens is 467 g/mol. The van der Waals surface area contributed by atoms with Crippen molar-refractivity contribution < 1.29 is 32.5 Å². The molecule has 9 nitrogen and oxygen atoms in total. The number of carbonyl (C=O) groups is 1. The first-order valence-electron chi connectivity index (χ1n) is 10.4. The number of rotatable bonds is 8. The van der Waals surface area contributed by atoms with E-state index in [0.717, 1.165) is 11.6 Å². The lowest BCUT2D eigenvalue weighted by Gasteiger charge is -2.14. The van der Waals surface area contributed by atoms with Crippen LogP contribution in [0.5, 0.6) is 17.2 Å². The number of halogens is 3. The fraction of sp³-hybridized carbons (Fsp3) is 0.174. The molecule has 12 heteroatoms. The van der Waals surface area contributed by atoms with Crippen molar-refractivity contribution in [3.63, 3.8) is 0 Å². The van der Waals surface area contributed by atoms with Crippen LogP contribution in [-0.2, 0) is 6.54 Å². The van der Waals surface area contributed by atoms with Gasteiger partial charge in [-0.15, -0.1) is 13.2 Å². The summed E-state index contributed by atoms with van der Waals surface area (Å²) in [7, 11) is 0. The minimum absolute atomic E-state index is 0.195. The number of aryl methyl sites for hydroxylation is 1. The molecule has 35 heavy (non-hydrogen) atoms. The monoisotopic (exact) mass is 487 g/mol. The average Bonchev–Trinajstić information content (AvgIpc) is 3.19. The van der Waals surface area contributed by atoms with Crippen molar-refractivity contribution in [3.05, 3.63) is 66.6 Å². The number of anilines is 2. The van der Waals surface area contributed by atoms with Gasteiger partial charge in [-0.2, -0.15) is 0 Å². The van der Waals surface area contributed by atoms with Gasteiger partial charge >= 0.3 is 12.5 Å². The lowest BCUT2D eigenvalue weighted by atomic mass is 10.2. The number of nitrogens with zero attached hydrogens (tertiary/aromatic N) is 3. The van der Waals surface area contributed by atoms with E-state index >= 15 is 0 Å². The zero-order chi connectivity index (χ0) is 25.0. The largest absolute Gasteiger partial charge is 0.573 e. The third kappa shape index (κ3) is 6.10. The van der Waals surface area contributed by atoms with Crippen molar-refractivity contribution in [2.24, 2.45) is 0 Å². The molecule has 0 bridgehead atoms. The Morgan fingerprint density at radius 2 is 1.91 bits per heavy atom. The number of fused-ring (bicyclic) bond motifs is 1. The minimum atomic E-state index is -4.79. The van der Waals surface area contributed by atoms with Crippen LogP contribution in [0.4, 0.5) is 29.5 Å². The van der Waals surface area contributed by atoms with Crippen LogP contribution in [0.1, 0.15) is 5.56 Å². The average molecular weight is 487 g/mol. The summed E-state index contributed by atoms with van der Waals surface area (Å²) in [5, 5.41) is 14.3. The lowest BCUT2D eigenvalue weighted by Crippen LogP contribution is -2.25. The molecule has 0 saturated carbocycles. The van der Waals surface area contributed by atoms with E-state index in [4.69, 9.17) is 9.84 Å². The Hall–Kier alpha value is -4.48. The standard InChI is InChI=1S/C23H20F3N5O4/c1-14-11-15(5-6-19(14)34-16-3-2-4-17(12-16)35-23(24,25)26)30-21-20-18(28-13-29-21)7-9-31(20)10-8-27-22(32)33/h2-7,9,11-13,27H,8,10H2,1H3,(H,32,33)(H,28,29,30). The summed E-state index contributed by atoms with van der Waals surface area (Å²) < 4.78 is 48.9. The highest BCUT2D eigenvalue weighted by atomic mass is 19.4. The molecule has 0 radical (unpaired) electrons. The summed E-state index contributed by atoms with van der Waals surface area (Å²) >= 11 is 0. The van der Waals surface area contributed by atoms with Crippen molar-refractivity contribution in [1.29, 1.82) is 0 Å². The van der Waals surface area contributed by atoms with E-state index in [1.807, 2.05) is 10.6 Å². The number of hydrogen-bond acceptors (Lipinski definition) is 6. The summed E-state index contributed by atoms with van der Waals surface area (Å²) in [5.74, 6) is 0.803. The van der Waals surface area contributed by atoms with Crippen LogP contribution in [-0.4, -0.2) is 38.6 Å². The SMILES string of the molecule is Cc1cc(Nc2ncnc3ccn(CCNC(=O)O)c23)ccc1Oc1cccc(OC(F)(F)F)c1. The zero-order valence-corrected chi connectivity index (χ0v) is 18.3. The number of carboxylic acid groups (broad SMARTS) is 1. The van der Waals surface area contributed by atoms with E-state index in [1.54, 1.807) is 31.3 Å². The van der Waals surface area contributed by atoms with Crippen molar-refractivity contribution in [2.75, 3.05) is 11.9 Å². The maximum atomic E-state index is 12.5. The van der Waals surface area contributed by atoms with Gasteiger partial charge < -0.3 is 29.8 Å². The second-order valence-corrected chi connectivity index (χ2v) is 7.43. The van der Waals surface area contributed by atoms with Gasteiger partial charge in [0.15, 0.2) is 5.82 Å². The van der Waals surface area contributed by atoms with Gasteiger partial charge in [0.25, 0.3) is 0 Å². The van der Waals surface area contributed by atoms with Crippen LogP contribution in [0, 0.1) is 6.92 Å². The smallest absolute Gasteiger partial charge is 0.465 e. The molecular formula is C23H20F3N5O4. The Morgan fingerprint density at radius 3 is 2.66 bits per heavy atom. The van der Waals surface area contributed by atoms with E-state index < -0.39 is 12.5 Å². The molecule has 2 aromatic carbocycles. The number of nitrogens with one attached hydrogen (secondary N) is 2. The predicted octanol–water partition coefficient (Wildman–Crippen LogP) is 5.44. The first kappa shape index (κ1) is 23.7. The molecule has 0 aliphatic carbocycles. The Labute approximate surface area is 197 Å². The van der Waals surface area contributed by atoms with E-state index in [1.165, 1.54) is 24.5 Å². The van der Waals surface area contributed by atoms with Gasteiger partial charge in [0, 0.05) is 31.0 Å². The molecule has 1 amide bonds. The van der Waals surface area contributed by atoms with Crippen LogP contribution in [0.3, 0.4) is 0 Å². The number of ether oxygens (including phenoxy) is 2. The summed E-state index contributed by atoms with van der Waals surface area (Å²) in [6.07, 6.45) is -2.67. The second-order valence-electron chi connectivity index (χ2n) is 7.43. The number of amides is 1. The number of hydrogen-bond donors (Lipinski definition) is 3. The molecule has 0 atom stereocenters. The molecule has 0 aliphatic rings. The van der Waals surface area contributed by atoms with E-state index in [0.29, 0.717) is 34.8 Å². The molecule has 0 spiro atoms. The van der Waals surface area contributed by atoms with Crippen LogP contribution < -0.4 is 20.1 Å². The van der Waals surface area contributed by atoms with Crippen molar-refractivity contribution in [1.82, 2.24) is 19.9 Å². The maximum Gasteiger partial charge on any atom is 0.573 e. The fourth-order valence-electron chi connectivity index (χ4n) is 3.43. The highest BCUT2D eigenvalue weighted by Gasteiger charge is 2.31. The number of alkyl halides is 3. The van der Waals surface area contributed by atoms with Crippen LogP contribution in [0.25, 0.3) is 11.0 Å². The van der Waals surface area contributed by atoms with Gasteiger partial charge in [0.05, 0.1) is 5.52 Å².